The summed E-state index contributed by atoms with van der Waals surface area (Å²) in [4.78, 5) is 8.90. The molecule has 1 saturated heterocycles. The molecule has 1 aromatic carbocycles. The zero-order valence-corrected chi connectivity index (χ0v) is 14.3. The quantitative estimate of drug-likeness (QED) is 0.945. The summed E-state index contributed by atoms with van der Waals surface area (Å²) < 4.78 is 5.42. The predicted octanol–water partition coefficient (Wildman–Crippen LogP) is 3.02. The molecule has 3 heterocycles. The summed E-state index contributed by atoms with van der Waals surface area (Å²) in [5.41, 5.74) is 4.16. The van der Waals surface area contributed by atoms with Crippen molar-refractivity contribution in [1.82, 2.24) is 14.8 Å². The maximum Gasteiger partial charge on any atom is 0.119 e. The maximum absolute atomic E-state index is 5.42. The van der Waals surface area contributed by atoms with E-state index in [1.807, 2.05) is 6.07 Å². The number of likely N-dealkylation sites (tertiary alicyclic amines) is 1. The van der Waals surface area contributed by atoms with Crippen molar-refractivity contribution in [3.63, 3.8) is 0 Å². The van der Waals surface area contributed by atoms with Gasteiger partial charge in [0.25, 0.3) is 0 Å². The van der Waals surface area contributed by atoms with E-state index in [1.165, 1.54) is 61.2 Å². The van der Waals surface area contributed by atoms with Crippen LogP contribution in [0.2, 0.25) is 0 Å². The summed E-state index contributed by atoms with van der Waals surface area (Å²) in [7, 11) is 1.74. The molecule has 124 valence electrons. The van der Waals surface area contributed by atoms with Gasteiger partial charge in [-0.05, 0) is 56.2 Å². The van der Waals surface area contributed by atoms with Crippen LogP contribution < -0.4 is 4.74 Å². The second-order valence-electron chi connectivity index (χ2n) is 6.88. The van der Waals surface area contributed by atoms with E-state index in [2.05, 4.69) is 33.8 Å². The van der Waals surface area contributed by atoms with Crippen molar-refractivity contribution in [2.45, 2.75) is 38.8 Å². The first-order valence-electron chi connectivity index (χ1n) is 8.92. The van der Waals surface area contributed by atoms with Gasteiger partial charge < -0.3 is 14.6 Å². The molecular weight excluding hydrogens is 286 g/mol. The number of aromatic nitrogens is 1. The molecule has 2 aromatic rings. The second-order valence-corrected chi connectivity index (χ2v) is 6.88. The van der Waals surface area contributed by atoms with E-state index in [1.54, 1.807) is 7.11 Å². The fourth-order valence-corrected chi connectivity index (χ4v) is 4.25. The van der Waals surface area contributed by atoms with Gasteiger partial charge in [0.15, 0.2) is 0 Å². The van der Waals surface area contributed by atoms with Crippen LogP contribution in [-0.4, -0.2) is 54.1 Å². The zero-order chi connectivity index (χ0) is 15.8. The highest BCUT2D eigenvalue weighted by Gasteiger charge is 2.28. The van der Waals surface area contributed by atoms with Gasteiger partial charge in [-0.3, -0.25) is 4.90 Å². The third kappa shape index (κ3) is 2.74. The highest BCUT2D eigenvalue weighted by molar-refractivity contribution is 5.86. The molecule has 4 heteroatoms. The van der Waals surface area contributed by atoms with Gasteiger partial charge in [-0.25, -0.2) is 0 Å². The van der Waals surface area contributed by atoms with Crippen molar-refractivity contribution in [2.75, 3.05) is 33.3 Å². The third-order valence-corrected chi connectivity index (χ3v) is 5.73. The average molecular weight is 313 g/mol. The van der Waals surface area contributed by atoms with E-state index in [0.717, 1.165) is 24.8 Å². The van der Waals surface area contributed by atoms with Crippen LogP contribution in [0.25, 0.3) is 10.9 Å². The molecule has 0 bridgehead atoms. The molecule has 0 spiro atoms. The number of aromatic amines is 1. The van der Waals surface area contributed by atoms with Gasteiger partial charge in [0.2, 0.25) is 0 Å². The van der Waals surface area contributed by atoms with Crippen molar-refractivity contribution in [2.24, 2.45) is 0 Å². The van der Waals surface area contributed by atoms with Crippen LogP contribution in [0.1, 0.15) is 31.0 Å². The molecule has 23 heavy (non-hydrogen) atoms. The Hall–Kier alpha value is -1.52. The van der Waals surface area contributed by atoms with Gasteiger partial charge in [-0.15, -0.1) is 0 Å². The van der Waals surface area contributed by atoms with Crippen molar-refractivity contribution in [3.05, 3.63) is 29.5 Å². The lowest BCUT2D eigenvalue weighted by molar-refractivity contribution is 0.101. The number of rotatable bonds is 3. The highest BCUT2D eigenvalue weighted by atomic mass is 16.5. The van der Waals surface area contributed by atoms with Gasteiger partial charge in [-0.1, -0.05) is 6.92 Å². The van der Waals surface area contributed by atoms with Crippen LogP contribution in [0.3, 0.4) is 0 Å². The molecule has 2 aliphatic heterocycles. The molecule has 0 aliphatic carbocycles. The largest absolute Gasteiger partial charge is 0.497 e. The summed E-state index contributed by atoms with van der Waals surface area (Å²) in [6.07, 6.45) is 3.77. The zero-order valence-electron chi connectivity index (χ0n) is 14.3. The normalized spacial score (nSPS) is 20.8. The molecule has 2 aliphatic rings. The smallest absolute Gasteiger partial charge is 0.119 e. The fourth-order valence-electron chi connectivity index (χ4n) is 4.25. The van der Waals surface area contributed by atoms with Gasteiger partial charge in [0.05, 0.1) is 7.11 Å². The minimum absolute atomic E-state index is 0.751. The van der Waals surface area contributed by atoms with Gasteiger partial charge in [0, 0.05) is 42.1 Å². The van der Waals surface area contributed by atoms with Crippen LogP contribution in [0.4, 0.5) is 0 Å². The number of ether oxygens (including phenoxy) is 1. The van der Waals surface area contributed by atoms with E-state index in [-0.39, 0.29) is 0 Å². The standard InChI is InChI=1S/C19H27N3O/c1-3-21-9-6-14(7-10-21)22-11-8-19-17(13-22)16-12-15(23-2)4-5-18(16)20-19/h4-5,12,14,20H,3,6-11,13H2,1-2H3. The Bertz CT molecular complexity index is 685. The summed E-state index contributed by atoms with van der Waals surface area (Å²) in [5, 5.41) is 1.34. The Morgan fingerprint density at radius 2 is 2.04 bits per heavy atom. The van der Waals surface area contributed by atoms with Gasteiger partial charge in [0.1, 0.15) is 5.75 Å². The first-order chi connectivity index (χ1) is 11.3. The Morgan fingerprint density at radius 3 is 2.78 bits per heavy atom. The monoisotopic (exact) mass is 313 g/mol. The summed E-state index contributed by atoms with van der Waals surface area (Å²) in [6, 6.07) is 7.13. The number of hydrogen-bond donors (Lipinski definition) is 1. The molecule has 4 nitrogen and oxygen atoms in total. The first kappa shape index (κ1) is 15.0. The third-order valence-electron chi connectivity index (χ3n) is 5.73. The Labute approximate surface area is 138 Å². The molecule has 1 aromatic heterocycles. The molecule has 0 radical (unpaired) electrons. The molecular formula is C19H27N3O. The first-order valence-corrected chi connectivity index (χ1v) is 8.92. The minimum atomic E-state index is 0.751. The second kappa shape index (κ2) is 6.17. The summed E-state index contributed by atoms with van der Waals surface area (Å²) in [5.74, 6) is 0.952. The van der Waals surface area contributed by atoms with Crippen LogP contribution in [0, 0.1) is 0 Å². The van der Waals surface area contributed by atoms with E-state index in [4.69, 9.17) is 4.74 Å². The Kier molecular flexibility index (Phi) is 4.04. The van der Waals surface area contributed by atoms with Crippen LogP contribution in [0.15, 0.2) is 18.2 Å². The van der Waals surface area contributed by atoms with Crippen LogP contribution >= 0.6 is 0 Å². The predicted molar refractivity (Wildman–Crippen MR) is 94.1 cm³/mol. The minimum Gasteiger partial charge on any atom is -0.497 e. The average Bonchev–Trinajstić information content (AvgIpc) is 2.98. The van der Waals surface area contributed by atoms with Gasteiger partial charge in [-0.2, -0.15) is 0 Å². The number of fused-ring (bicyclic) bond motifs is 3. The number of methoxy groups -OCH3 is 1. The van der Waals surface area contributed by atoms with E-state index in [0.29, 0.717) is 0 Å². The Morgan fingerprint density at radius 1 is 1.22 bits per heavy atom. The molecule has 0 unspecified atom stereocenters. The summed E-state index contributed by atoms with van der Waals surface area (Å²) in [6.45, 7) is 8.25. The highest BCUT2D eigenvalue weighted by Crippen LogP contribution is 2.32. The SMILES string of the molecule is CCN1CCC(N2CCc3[nH]c4ccc(OC)cc4c3C2)CC1. The summed E-state index contributed by atoms with van der Waals surface area (Å²) >= 11 is 0. The molecule has 0 saturated carbocycles. The van der Waals surface area contributed by atoms with E-state index >= 15 is 0 Å². The lowest BCUT2D eigenvalue weighted by Crippen LogP contribution is -2.46. The van der Waals surface area contributed by atoms with Crippen molar-refractivity contribution in [3.8, 4) is 5.75 Å². The van der Waals surface area contributed by atoms with Crippen molar-refractivity contribution < 1.29 is 4.74 Å². The molecule has 0 atom stereocenters. The van der Waals surface area contributed by atoms with Crippen LogP contribution in [-0.2, 0) is 13.0 Å². The number of H-pyrrole nitrogens is 1. The van der Waals surface area contributed by atoms with E-state index in [9.17, 15) is 0 Å². The number of piperidine rings is 1. The number of benzene rings is 1. The van der Waals surface area contributed by atoms with Crippen LogP contribution in [0.5, 0.6) is 5.75 Å². The molecule has 1 N–H and O–H groups in total. The van der Waals surface area contributed by atoms with Gasteiger partial charge >= 0.3 is 0 Å². The topological polar surface area (TPSA) is 31.5 Å². The lowest BCUT2D eigenvalue weighted by Gasteiger charge is -2.40. The van der Waals surface area contributed by atoms with Crippen molar-refractivity contribution >= 4 is 10.9 Å². The number of nitrogens with one attached hydrogen (secondary N) is 1. The maximum atomic E-state index is 5.42. The molecule has 4 rings (SSSR count). The number of nitrogens with zero attached hydrogens (tertiary/aromatic N) is 2. The van der Waals surface area contributed by atoms with Crippen molar-refractivity contribution in [1.29, 1.82) is 0 Å². The fraction of sp³-hybridized carbons (Fsp3) is 0.579. The molecule has 1 fully saturated rings. The Balaban J connectivity index is 1.56. The lowest BCUT2D eigenvalue weighted by atomic mass is 9.98. The van der Waals surface area contributed by atoms with E-state index < -0.39 is 0 Å². The molecule has 0 amide bonds. The number of hydrogen-bond acceptors (Lipinski definition) is 3.